The van der Waals surface area contributed by atoms with Gasteiger partial charge < -0.3 is 14.6 Å². The van der Waals surface area contributed by atoms with Crippen molar-refractivity contribution in [2.75, 3.05) is 13.7 Å². The summed E-state index contributed by atoms with van der Waals surface area (Å²) in [5, 5.41) is 4.85. The number of aromatic nitrogens is 1. The van der Waals surface area contributed by atoms with Crippen molar-refractivity contribution >= 4 is 23.2 Å². The monoisotopic (exact) mass is 320 g/mol. The topological polar surface area (TPSA) is 60.3 Å². The highest BCUT2D eigenvalue weighted by Gasteiger charge is 2.13. The lowest BCUT2D eigenvalue weighted by Crippen LogP contribution is -2.24. The summed E-state index contributed by atoms with van der Waals surface area (Å²) in [6, 6.07) is 5.80. The number of amides is 1. The van der Waals surface area contributed by atoms with Crippen LogP contribution in [0.4, 0.5) is 0 Å². The summed E-state index contributed by atoms with van der Waals surface area (Å²) < 4.78 is 6.52. The average molecular weight is 320 g/mol. The minimum Gasteiger partial charge on any atom is -0.469 e. The Kier molecular flexibility index (Phi) is 6.21. The summed E-state index contributed by atoms with van der Waals surface area (Å²) in [4.78, 5) is 23.9. The Balaban J connectivity index is 1.75. The van der Waals surface area contributed by atoms with Crippen LogP contribution in [0.1, 0.15) is 35.4 Å². The average Bonchev–Trinajstić information content (AvgIpc) is 3.20. The lowest BCUT2D eigenvalue weighted by molar-refractivity contribution is -0.140. The lowest BCUT2D eigenvalue weighted by Gasteiger charge is -2.07. The van der Waals surface area contributed by atoms with Gasteiger partial charge in [-0.05, 0) is 36.4 Å². The number of methoxy groups -OCH3 is 1. The van der Waals surface area contributed by atoms with Crippen molar-refractivity contribution in [3.05, 3.63) is 40.8 Å². The summed E-state index contributed by atoms with van der Waals surface area (Å²) in [6.07, 6.45) is 6.82. The normalized spacial score (nSPS) is 10.4. The molecule has 1 amide bonds. The molecule has 0 atom stereocenters. The molecule has 2 heterocycles. The smallest absolute Gasteiger partial charge is 0.305 e. The second-order valence-corrected chi connectivity index (χ2v) is 5.78. The van der Waals surface area contributed by atoms with Crippen LogP contribution in [0.15, 0.2) is 36.0 Å². The predicted octanol–water partition coefficient (Wildman–Crippen LogP) is 3.00. The van der Waals surface area contributed by atoms with Gasteiger partial charge in [-0.3, -0.25) is 9.59 Å². The molecule has 0 fully saturated rings. The summed E-state index contributed by atoms with van der Waals surface area (Å²) in [5.41, 5.74) is 0.901. The predicted molar refractivity (Wildman–Crippen MR) is 86.5 cm³/mol. The van der Waals surface area contributed by atoms with E-state index in [1.54, 1.807) is 0 Å². The third kappa shape index (κ3) is 4.46. The van der Waals surface area contributed by atoms with E-state index in [0.29, 0.717) is 17.8 Å². The van der Waals surface area contributed by atoms with Gasteiger partial charge in [-0.1, -0.05) is 6.42 Å². The molecule has 1 N–H and O–H groups in total. The Morgan fingerprint density at radius 3 is 2.73 bits per heavy atom. The zero-order chi connectivity index (χ0) is 15.8. The van der Waals surface area contributed by atoms with Crippen molar-refractivity contribution in [1.29, 1.82) is 0 Å². The number of hydrogen-bond donors (Lipinski definition) is 1. The van der Waals surface area contributed by atoms with E-state index in [0.717, 1.165) is 24.9 Å². The highest BCUT2D eigenvalue weighted by atomic mass is 32.1. The van der Waals surface area contributed by atoms with Crippen LogP contribution in [-0.4, -0.2) is 30.1 Å². The number of carbonyl (C=O) groups is 2. The number of thiophene rings is 1. The molecule has 5 nitrogen and oxygen atoms in total. The molecule has 0 bridgehead atoms. The van der Waals surface area contributed by atoms with Crippen molar-refractivity contribution in [1.82, 2.24) is 9.88 Å². The first-order chi connectivity index (χ1) is 10.7. The molecule has 2 aromatic rings. The molecule has 0 aliphatic carbocycles. The molecule has 0 saturated heterocycles. The first-order valence-corrected chi connectivity index (χ1v) is 8.16. The first-order valence-electron chi connectivity index (χ1n) is 7.28. The van der Waals surface area contributed by atoms with E-state index in [2.05, 4.69) is 10.1 Å². The number of nitrogens with one attached hydrogen (secondary N) is 1. The van der Waals surface area contributed by atoms with Crippen LogP contribution >= 0.6 is 11.3 Å². The van der Waals surface area contributed by atoms with E-state index in [-0.39, 0.29) is 11.9 Å². The van der Waals surface area contributed by atoms with Gasteiger partial charge in [0.1, 0.15) is 4.88 Å². The Morgan fingerprint density at radius 1 is 1.23 bits per heavy atom. The van der Waals surface area contributed by atoms with Crippen molar-refractivity contribution in [2.24, 2.45) is 0 Å². The van der Waals surface area contributed by atoms with Crippen LogP contribution in [0.25, 0.3) is 5.69 Å². The maximum absolute atomic E-state index is 12.2. The fourth-order valence-corrected chi connectivity index (χ4v) is 2.93. The highest BCUT2D eigenvalue weighted by Crippen LogP contribution is 2.21. The molecule has 2 aromatic heterocycles. The molecular formula is C16H20N2O3S. The number of nitrogens with zero attached hydrogens (tertiary/aromatic N) is 1. The van der Waals surface area contributed by atoms with E-state index in [9.17, 15) is 9.59 Å². The van der Waals surface area contributed by atoms with E-state index in [4.69, 9.17) is 0 Å². The standard InChI is InChI=1S/C16H20N2O3S/c1-21-14(19)7-3-2-4-9-17-16(20)15-13(8-12-22-15)18-10-5-6-11-18/h5-6,8,10-12H,2-4,7,9H2,1H3,(H,17,20). The fourth-order valence-electron chi connectivity index (χ4n) is 2.13. The molecule has 22 heavy (non-hydrogen) atoms. The summed E-state index contributed by atoms with van der Waals surface area (Å²) >= 11 is 1.44. The molecule has 0 spiro atoms. The molecular weight excluding hydrogens is 300 g/mol. The number of ether oxygens (including phenoxy) is 1. The number of rotatable bonds is 8. The summed E-state index contributed by atoms with van der Waals surface area (Å²) in [5.74, 6) is -0.231. The number of unbranched alkanes of at least 4 members (excludes halogenated alkanes) is 2. The Labute approximate surface area is 133 Å². The molecule has 0 aliphatic rings. The maximum Gasteiger partial charge on any atom is 0.305 e. The zero-order valence-electron chi connectivity index (χ0n) is 12.6. The number of hydrogen-bond acceptors (Lipinski definition) is 4. The Morgan fingerprint density at radius 2 is 2.00 bits per heavy atom. The Bertz CT molecular complexity index is 605. The molecule has 0 unspecified atom stereocenters. The molecule has 0 aromatic carbocycles. The van der Waals surface area contributed by atoms with Gasteiger partial charge in [0, 0.05) is 25.4 Å². The third-order valence-electron chi connectivity index (χ3n) is 3.30. The molecule has 2 rings (SSSR count). The van der Waals surface area contributed by atoms with Crippen LogP contribution in [0.5, 0.6) is 0 Å². The van der Waals surface area contributed by atoms with Gasteiger partial charge in [0.25, 0.3) is 5.91 Å². The summed E-state index contributed by atoms with van der Waals surface area (Å²) in [7, 11) is 1.39. The van der Waals surface area contributed by atoms with Gasteiger partial charge in [0.15, 0.2) is 0 Å². The van der Waals surface area contributed by atoms with Crippen molar-refractivity contribution in [2.45, 2.75) is 25.7 Å². The van der Waals surface area contributed by atoms with E-state index >= 15 is 0 Å². The second kappa shape index (κ2) is 8.38. The zero-order valence-corrected chi connectivity index (χ0v) is 13.4. The maximum atomic E-state index is 12.2. The van der Waals surface area contributed by atoms with Gasteiger partial charge in [0.2, 0.25) is 0 Å². The highest BCUT2D eigenvalue weighted by molar-refractivity contribution is 7.12. The minimum atomic E-state index is -0.181. The van der Waals surface area contributed by atoms with E-state index in [1.807, 2.05) is 40.5 Å². The fraction of sp³-hybridized carbons (Fsp3) is 0.375. The quantitative estimate of drug-likeness (QED) is 0.601. The largest absolute Gasteiger partial charge is 0.469 e. The SMILES string of the molecule is COC(=O)CCCCCNC(=O)c1sccc1-n1cccc1. The van der Waals surface area contributed by atoms with Crippen molar-refractivity contribution in [3.8, 4) is 5.69 Å². The number of carbonyl (C=O) groups excluding carboxylic acids is 2. The van der Waals surface area contributed by atoms with Gasteiger partial charge in [-0.25, -0.2) is 0 Å². The van der Waals surface area contributed by atoms with Crippen LogP contribution in [0, 0.1) is 0 Å². The minimum absolute atomic E-state index is 0.0494. The van der Waals surface area contributed by atoms with Crippen LogP contribution in [-0.2, 0) is 9.53 Å². The van der Waals surface area contributed by atoms with Gasteiger partial charge in [-0.2, -0.15) is 0 Å². The summed E-state index contributed by atoms with van der Waals surface area (Å²) in [6.45, 7) is 0.614. The van der Waals surface area contributed by atoms with E-state index in [1.165, 1.54) is 18.4 Å². The molecule has 118 valence electrons. The molecule has 6 heteroatoms. The van der Waals surface area contributed by atoms with E-state index < -0.39 is 0 Å². The van der Waals surface area contributed by atoms with Crippen LogP contribution in [0.3, 0.4) is 0 Å². The van der Waals surface area contributed by atoms with Crippen LogP contribution in [0.2, 0.25) is 0 Å². The molecule has 0 aliphatic heterocycles. The molecule has 0 radical (unpaired) electrons. The van der Waals surface area contributed by atoms with Gasteiger partial charge >= 0.3 is 5.97 Å². The molecule has 0 saturated carbocycles. The van der Waals surface area contributed by atoms with Gasteiger partial charge in [0.05, 0.1) is 12.8 Å². The van der Waals surface area contributed by atoms with Crippen LogP contribution < -0.4 is 5.32 Å². The first kappa shape index (κ1) is 16.3. The third-order valence-corrected chi connectivity index (χ3v) is 4.21. The second-order valence-electron chi connectivity index (χ2n) is 4.87. The Hall–Kier alpha value is -2.08. The van der Waals surface area contributed by atoms with Gasteiger partial charge in [-0.15, -0.1) is 11.3 Å². The van der Waals surface area contributed by atoms with Crippen molar-refractivity contribution < 1.29 is 14.3 Å². The lowest BCUT2D eigenvalue weighted by atomic mass is 10.2. The van der Waals surface area contributed by atoms with Crippen molar-refractivity contribution in [3.63, 3.8) is 0 Å². The number of esters is 1.